The van der Waals surface area contributed by atoms with Gasteiger partial charge in [0.05, 0.1) is 11.3 Å². The van der Waals surface area contributed by atoms with E-state index < -0.39 is 27.0 Å². The minimum absolute atomic E-state index is 0.00399. The molecule has 0 aliphatic heterocycles. The second kappa shape index (κ2) is 7.62. The van der Waals surface area contributed by atoms with Crippen molar-refractivity contribution in [2.75, 3.05) is 0 Å². The van der Waals surface area contributed by atoms with Crippen molar-refractivity contribution in [3.05, 3.63) is 53.9 Å². The average Bonchev–Trinajstić information content (AvgIpc) is 2.54. The first kappa shape index (κ1) is 18.9. The van der Waals surface area contributed by atoms with Gasteiger partial charge in [-0.25, -0.2) is 13.2 Å². The van der Waals surface area contributed by atoms with Gasteiger partial charge in [0.25, 0.3) is 15.0 Å². The Morgan fingerprint density at radius 1 is 1.32 bits per heavy atom. The van der Waals surface area contributed by atoms with Crippen LogP contribution in [-0.2, 0) is 13.8 Å². The Bertz CT molecular complexity index is 900. The number of ether oxygens (including phenoxy) is 1. The molecule has 25 heavy (non-hydrogen) atoms. The molecular formula is C16H14ClN2O5S. The molecule has 0 fully saturated rings. The number of hydrogen-bond acceptors (Lipinski definition) is 6. The minimum Gasteiger partial charge on any atom is -0.425 e. The lowest BCUT2D eigenvalue weighted by atomic mass is 10.2. The SMILES string of the molecule is Cc1ncc(S(=O)(=O)Cl)cc1C(=O)N[C@@H](C)C(=O)Oc1cc[c]cc1. The molecule has 0 aliphatic rings. The molecule has 0 spiro atoms. The summed E-state index contributed by atoms with van der Waals surface area (Å²) >= 11 is 0. The summed E-state index contributed by atoms with van der Waals surface area (Å²) in [6, 6.07) is 9.19. The van der Waals surface area contributed by atoms with Crippen LogP contribution in [-0.4, -0.2) is 31.3 Å². The summed E-state index contributed by atoms with van der Waals surface area (Å²) in [5, 5.41) is 2.44. The Labute approximate surface area is 149 Å². The molecule has 0 aliphatic carbocycles. The smallest absolute Gasteiger partial charge is 0.333 e. The fourth-order valence-corrected chi connectivity index (χ4v) is 2.55. The molecule has 1 atom stereocenters. The highest BCUT2D eigenvalue weighted by molar-refractivity contribution is 8.13. The highest BCUT2D eigenvalue weighted by Gasteiger charge is 2.22. The van der Waals surface area contributed by atoms with Crippen molar-refractivity contribution < 1.29 is 22.7 Å². The molecule has 1 N–H and O–H groups in total. The molecule has 131 valence electrons. The second-order valence-electron chi connectivity index (χ2n) is 5.09. The number of aryl methyl sites for hydroxylation is 1. The van der Waals surface area contributed by atoms with Gasteiger partial charge in [-0.2, -0.15) is 0 Å². The van der Waals surface area contributed by atoms with E-state index in [0.717, 1.165) is 12.3 Å². The van der Waals surface area contributed by atoms with E-state index in [1.807, 2.05) is 0 Å². The highest BCUT2D eigenvalue weighted by atomic mass is 35.7. The third kappa shape index (κ3) is 5.01. The van der Waals surface area contributed by atoms with Gasteiger partial charge in [-0.3, -0.25) is 9.78 Å². The summed E-state index contributed by atoms with van der Waals surface area (Å²) in [5.74, 6) is -1.03. The van der Waals surface area contributed by atoms with Gasteiger partial charge < -0.3 is 10.1 Å². The van der Waals surface area contributed by atoms with Crippen LogP contribution in [0.2, 0.25) is 0 Å². The Morgan fingerprint density at radius 2 is 1.96 bits per heavy atom. The predicted octanol–water partition coefficient (Wildman–Crippen LogP) is 1.84. The zero-order chi connectivity index (χ0) is 18.6. The zero-order valence-electron chi connectivity index (χ0n) is 13.3. The van der Waals surface area contributed by atoms with Crippen molar-refractivity contribution in [3.8, 4) is 5.75 Å². The Hall–Kier alpha value is -2.45. The maximum absolute atomic E-state index is 12.3. The van der Waals surface area contributed by atoms with E-state index in [1.165, 1.54) is 13.8 Å². The lowest BCUT2D eigenvalue weighted by molar-refractivity contribution is -0.136. The molecule has 1 aromatic carbocycles. The topological polar surface area (TPSA) is 102 Å². The first-order chi connectivity index (χ1) is 11.7. The molecule has 2 rings (SSSR count). The van der Waals surface area contributed by atoms with E-state index in [0.29, 0.717) is 11.4 Å². The van der Waals surface area contributed by atoms with Crippen LogP contribution in [0.15, 0.2) is 41.4 Å². The van der Waals surface area contributed by atoms with Crippen molar-refractivity contribution in [2.24, 2.45) is 0 Å². The summed E-state index contributed by atoms with van der Waals surface area (Å²) in [5.41, 5.74) is 0.288. The molecule has 1 heterocycles. The number of amides is 1. The molecule has 7 nitrogen and oxygen atoms in total. The summed E-state index contributed by atoms with van der Waals surface area (Å²) in [4.78, 5) is 27.9. The molecule has 1 amide bonds. The number of nitrogens with one attached hydrogen (secondary N) is 1. The number of rotatable bonds is 5. The van der Waals surface area contributed by atoms with E-state index in [9.17, 15) is 18.0 Å². The molecule has 1 aromatic heterocycles. The van der Waals surface area contributed by atoms with Crippen molar-refractivity contribution in [2.45, 2.75) is 24.8 Å². The van der Waals surface area contributed by atoms with Crippen LogP contribution < -0.4 is 10.1 Å². The molecule has 9 heteroatoms. The maximum Gasteiger partial charge on any atom is 0.333 e. The Balaban J connectivity index is 2.12. The maximum atomic E-state index is 12.3. The van der Waals surface area contributed by atoms with E-state index in [4.69, 9.17) is 15.4 Å². The van der Waals surface area contributed by atoms with E-state index in [2.05, 4.69) is 16.4 Å². The van der Waals surface area contributed by atoms with Gasteiger partial charge in [0.15, 0.2) is 0 Å². The van der Waals surface area contributed by atoms with Gasteiger partial charge in [0, 0.05) is 16.9 Å². The van der Waals surface area contributed by atoms with Gasteiger partial charge >= 0.3 is 5.97 Å². The van der Waals surface area contributed by atoms with Crippen LogP contribution in [0.4, 0.5) is 0 Å². The zero-order valence-corrected chi connectivity index (χ0v) is 14.9. The van der Waals surface area contributed by atoms with Crippen molar-refractivity contribution >= 4 is 31.6 Å². The number of carbonyl (C=O) groups excluding carboxylic acids is 2. The molecule has 0 unspecified atom stereocenters. The van der Waals surface area contributed by atoms with Crippen LogP contribution in [0.3, 0.4) is 0 Å². The number of nitrogens with zero attached hydrogens (tertiary/aromatic N) is 1. The van der Waals surface area contributed by atoms with E-state index >= 15 is 0 Å². The Morgan fingerprint density at radius 3 is 2.56 bits per heavy atom. The van der Waals surface area contributed by atoms with Crippen molar-refractivity contribution in [1.82, 2.24) is 10.3 Å². The fraction of sp³-hybridized carbons (Fsp3) is 0.188. The number of carbonyl (C=O) groups is 2. The van der Waals surface area contributed by atoms with Gasteiger partial charge in [0.1, 0.15) is 16.7 Å². The van der Waals surface area contributed by atoms with Crippen LogP contribution in [0, 0.1) is 13.0 Å². The monoisotopic (exact) mass is 381 g/mol. The summed E-state index contributed by atoms with van der Waals surface area (Å²) in [6.07, 6.45) is 1.05. The summed E-state index contributed by atoms with van der Waals surface area (Å²) in [7, 11) is 1.23. The molecule has 0 bridgehead atoms. The van der Waals surface area contributed by atoms with Gasteiger partial charge in [-0.15, -0.1) is 0 Å². The largest absolute Gasteiger partial charge is 0.425 e. The Kier molecular flexibility index (Phi) is 5.76. The number of pyridine rings is 1. The lowest BCUT2D eigenvalue weighted by Crippen LogP contribution is -2.41. The minimum atomic E-state index is -4.03. The molecule has 2 aromatic rings. The van der Waals surface area contributed by atoms with Crippen molar-refractivity contribution in [3.63, 3.8) is 0 Å². The first-order valence-electron chi connectivity index (χ1n) is 7.08. The van der Waals surface area contributed by atoms with Crippen LogP contribution in [0.25, 0.3) is 0 Å². The number of halogens is 1. The van der Waals surface area contributed by atoms with Gasteiger partial charge in [0.2, 0.25) is 0 Å². The summed E-state index contributed by atoms with van der Waals surface area (Å²) in [6.45, 7) is 2.98. The van der Waals surface area contributed by atoms with Crippen LogP contribution in [0.5, 0.6) is 5.75 Å². The highest BCUT2D eigenvalue weighted by Crippen LogP contribution is 2.17. The average molecular weight is 382 g/mol. The molecule has 0 saturated carbocycles. The number of aromatic nitrogens is 1. The molecule has 0 saturated heterocycles. The van der Waals surface area contributed by atoms with E-state index in [1.54, 1.807) is 24.3 Å². The lowest BCUT2D eigenvalue weighted by Gasteiger charge is -2.14. The van der Waals surface area contributed by atoms with Gasteiger partial charge in [-0.1, -0.05) is 12.1 Å². The van der Waals surface area contributed by atoms with Crippen LogP contribution in [0.1, 0.15) is 23.0 Å². The normalized spacial score (nSPS) is 12.3. The quantitative estimate of drug-likeness (QED) is 0.481. The third-order valence-corrected chi connectivity index (χ3v) is 4.52. The van der Waals surface area contributed by atoms with Gasteiger partial charge in [-0.05, 0) is 38.1 Å². The second-order valence-corrected chi connectivity index (χ2v) is 7.66. The predicted molar refractivity (Wildman–Crippen MR) is 89.9 cm³/mol. The fourth-order valence-electron chi connectivity index (χ4n) is 1.85. The first-order valence-corrected chi connectivity index (χ1v) is 9.39. The summed E-state index contributed by atoms with van der Waals surface area (Å²) < 4.78 is 27.9. The van der Waals surface area contributed by atoms with Crippen LogP contribution >= 0.6 is 10.7 Å². The number of esters is 1. The molecular weight excluding hydrogens is 368 g/mol. The third-order valence-electron chi connectivity index (χ3n) is 3.20. The number of benzene rings is 1. The standard InChI is InChI=1S/C16H14ClN2O5S/c1-10-14(8-13(9-18-10)25(17,22)23)15(20)19-11(2)16(21)24-12-6-4-3-5-7-12/h4-9,11H,1-2H3,(H,19,20)/t11-/m0/s1. The van der Waals surface area contributed by atoms with Crippen molar-refractivity contribution in [1.29, 1.82) is 0 Å². The van der Waals surface area contributed by atoms with E-state index in [-0.39, 0.29) is 10.5 Å². The molecule has 1 radical (unpaired) electrons. The number of hydrogen-bond donors (Lipinski definition) is 1.